The number of rotatable bonds is 0. The molecule has 0 aromatic heterocycles. The molecule has 8 atom stereocenters. The Bertz CT molecular complexity index is 327. The Hall–Kier alpha value is 0.532. The summed E-state index contributed by atoms with van der Waals surface area (Å²) in [4.78, 5) is 0. The van der Waals surface area contributed by atoms with Crippen LogP contribution in [0.4, 0.5) is 0 Å². The van der Waals surface area contributed by atoms with Crippen LogP contribution < -0.4 is 0 Å². The van der Waals surface area contributed by atoms with Gasteiger partial charge in [-0.05, 0) is 0 Å². The zero-order valence-electron chi connectivity index (χ0n) is 18.7. The van der Waals surface area contributed by atoms with Gasteiger partial charge in [-0.15, -0.1) is 0 Å². The summed E-state index contributed by atoms with van der Waals surface area (Å²) in [6.45, 7) is 0. The molecule has 8 aliphatic rings. The average Bonchev–Trinajstić information content (AvgIpc) is 3.63. The maximum absolute atomic E-state index is 2.51. The van der Waals surface area contributed by atoms with Gasteiger partial charge in [-0.1, -0.05) is 101 Å². The van der Waals surface area contributed by atoms with Crippen LogP contribution in [0.2, 0.25) is 0 Å². The molecule has 0 amide bonds. The van der Waals surface area contributed by atoms with Crippen molar-refractivity contribution in [2.45, 2.75) is 103 Å². The van der Waals surface area contributed by atoms with E-state index in [2.05, 4.69) is 25.7 Å². The van der Waals surface area contributed by atoms with Gasteiger partial charge in [0.05, 0.1) is 0 Å². The molecule has 0 aliphatic heterocycles. The van der Waals surface area contributed by atoms with Gasteiger partial charge < -0.3 is 25.7 Å². The van der Waals surface area contributed by atoms with Crippen LogP contribution in [0.5, 0.6) is 0 Å². The maximum atomic E-state index is 2.51. The summed E-state index contributed by atoms with van der Waals surface area (Å²) in [5.41, 5.74) is 0. The molecule has 0 N–H and O–H groups in total. The number of hydrogen-bond donors (Lipinski definition) is 0. The zero-order chi connectivity index (χ0) is 18.8. The summed E-state index contributed by atoms with van der Waals surface area (Å²) in [7, 11) is 0. The molecular formula is C28H44Cr. The predicted molar refractivity (Wildman–Crippen MR) is 119 cm³/mol. The van der Waals surface area contributed by atoms with Crippen LogP contribution >= 0.6 is 0 Å². The molecule has 0 aromatic carbocycles. The van der Waals surface area contributed by atoms with Crippen molar-refractivity contribution < 1.29 is 17.4 Å². The van der Waals surface area contributed by atoms with E-state index in [9.17, 15) is 0 Å². The third-order valence-electron chi connectivity index (χ3n) is 9.54. The molecule has 8 aliphatic carbocycles. The molecule has 8 bridgehead atoms. The Morgan fingerprint density at radius 1 is 0.345 bits per heavy atom. The molecule has 0 nitrogen and oxygen atoms in total. The third kappa shape index (κ3) is 6.28. The van der Waals surface area contributed by atoms with Crippen LogP contribution in [0.1, 0.15) is 103 Å². The van der Waals surface area contributed by atoms with Crippen molar-refractivity contribution in [1.82, 2.24) is 0 Å². The van der Waals surface area contributed by atoms with Crippen molar-refractivity contribution in [3.8, 4) is 0 Å². The van der Waals surface area contributed by atoms with E-state index in [0.717, 1.165) is 47.3 Å². The van der Waals surface area contributed by atoms with Crippen molar-refractivity contribution in [3.63, 3.8) is 0 Å². The molecule has 8 rings (SSSR count). The first-order chi connectivity index (χ1) is 13.8. The summed E-state index contributed by atoms with van der Waals surface area (Å²) >= 11 is 0. The maximum Gasteiger partial charge on any atom is 4.00 e. The third-order valence-corrected chi connectivity index (χ3v) is 9.54. The zero-order valence-corrected chi connectivity index (χ0v) is 19.9. The smallest absolute Gasteiger partial charge is 0.325 e. The minimum atomic E-state index is 0. The fourth-order valence-electron chi connectivity index (χ4n) is 7.71. The second kappa shape index (κ2) is 10.9. The van der Waals surface area contributed by atoms with Crippen molar-refractivity contribution in [2.75, 3.05) is 0 Å². The van der Waals surface area contributed by atoms with Crippen molar-refractivity contribution in [2.24, 2.45) is 47.3 Å². The van der Waals surface area contributed by atoms with E-state index in [1.807, 2.05) is 0 Å². The Labute approximate surface area is 192 Å². The molecule has 0 heterocycles. The van der Waals surface area contributed by atoms with E-state index in [-0.39, 0.29) is 17.4 Å². The summed E-state index contributed by atoms with van der Waals surface area (Å²) in [5, 5.41) is 0. The summed E-state index contributed by atoms with van der Waals surface area (Å²) < 4.78 is 0. The standard InChI is InChI=1S/4C7H11.Cr/c4*1-2-7-4-3-6(1)5-7;/h4*1,6-7H,2-5H2;/q4*-1;+4. The first-order valence-corrected chi connectivity index (χ1v) is 13.1. The van der Waals surface area contributed by atoms with Gasteiger partial charge in [0.25, 0.3) is 0 Å². The first-order valence-electron chi connectivity index (χ1n) is 13.1. The fourth-order valence-corrected chi connectivity index (χ4v) is 7.71. The predicted octanol–water partition coefficient (Wildman–Crippen LogP) is 8.04. The SMILES string of the molecule is [CH-]1CC2CCC1C2.[CH-]1CC2CCC1C2.[CH-]1CC2CCC1C2.[CH-]1CC2CCC1C2.[Cr+4]. The van der Waals surface area contributed by atoms with Crippen LogP contribution in [0, 0.1) is 73.0 Å². The molecule has 162 valence electrons. The van der Waals surface area contributed by atoms with Gasteiger partial charge in [-0.25, -0.2) is 0 Å². The van der Waals surface area contributed by atoms with Crippen LogP contribution in [0.3, 0.4) is 0 Å². The van der Waals surface area contributed by atoms with E-state index in [1.165, 1.54) is 103 Å². The van der Waals surface area contributed by atoms with E-state index >= 15 is 0 Å². The second-order valence-corrected chi connectivity index (χ2v) is 11.6. The van der Waals surface area contributed by atoms with Gasteiger partial charge >= 0.3 is 17.4 Å². The van der Waals surface area contributed by atoms with Crippen molar-refractivity contribution in [3.05, 3.63) is 25.7 Å². The van der Waals surface area contributed by atoms with Gasteiger partial charge in [0.2, 0.25) is 0 Å². The Morgan fingerprint density at radius 3 is 0.621 bits per heavy atom. The average molecular weight is 433 g/mol. The summed E-state index contributed by atoms with van der Waals surface area (Å²) in [6.07, 6.45) is 34.0. The van der Waals surface area contributed by atoms with E-state index < -0.39 is 0 Å². The van der Waals surface area contributed by atoms with Crippen LogP contribution in [-0.4, -0.2) is 0 Å². The van der Waals surface area contributed by atoms with Gasteiger partial charge in [-0.2, -0.15) is 49.4 Å². The first kappa shape index (κ1) is 22.7. The number of fused-ring (bicyclic) bond motifs is 8. The molecule has 0 spiro atoms. The monoisotopic (exact) mass is 432 g/mol. The molecule has 0 aromatic rings. The van der Waals surface area contributed by atoms with E-state index in [0.29, 0.717) is 0 Å². The van der Waals surface area contributed by atoms with Crippen LogP contribution in [0.15, 0.2) is 0 Å². The Kier molecular flexibility index (Phi) is 8.54. The number of hydrogen-bond acceptors (Lipinski definition) is 0. The van der Waals surface area contributed by atoms with Gasteiger partial charge in [0.15, 0.2) is 0 Å². The molecule has 1 heteroatoms. The largest absolute Gasteiger partial charge is 4.00 e. The fraction of sp³-hybridized carbons (Fsp3) is 0.857. The van der Waals surface area contributed by atoms with Crippen molar-refractivity contribution in [1.29, 1.82) is 0 Å². The van der Waals surface area contributed by atoms with E-state index in [1.54, 1.807) is 0 Å². The van der Waals surface area contributed by atoms with E-state index in [4.69, 9.17) is 0 Å². The normalized spacial score (nSPS) is 46.3. The van der Waals surface area contributed by atoms with Gasteiger partial charge in [0.1, 0.15) is 0 Å². The molecule has 8 saturated carbocycles. The Balaban J connectivity index is 0.0000000931. The minimum Gasteiger partial charge on any atom is -0.325 e. The quantitative estimate of drug-likeness (QED) is 0.340. The van der Waals surface area contributed by atoms with Gasteiger partial charge in [0, 0.05) is 0 Å². The molecule has 0 radical (unpaired) electrons. The van der Waals surface area contributed by atoms with Crippen LogP contribution in [-0.2, 0) is 17.4 Å². The molecule has 8 unspecified atom stereocenters. The van der Waals surface area contributed by atoms with Gasteiger partial charge in [-0.3, -0.25) is 0 Å². The summed E-state index contributed by atoms with van der Waals surface area (Å²) in [5.74, 6) is 8.65. The topological polar surface area (TPSA) is 0 Å². The summed E-state index contributed by atoms with van der Waals surface area (Å²) in [6, 6.07) is 0. The molecular weight excluding hydrogens is 388 g/mol. The molecule has 29 heavy (non-hydrogen) atoms. The molecule has 8 fully saturated rings. The minimum absolute atomic E-state index is 0. The van der Waals surface area contributed by atoms with Crippen molar-refractivity contribution >= 4 is 0 Å². The molecule has 0 saturated heterocycles. The second-order valence-electron chi connectivity index (χ2n) is 11.6. The van der Waals surface area contributed by atoms with Crippen LogP contribution in [0.25, 0.3) is 0 Å². The Morgan fingerprint density at radius 2 is 0.586 bits per heavy atom.